The molecule has 0 bridgehead atoms. The minimum Gasteiger partial charge on any atom is -0.469 e. The van der Waals surface area contributed by atoms with Gasteiger partial charge >= 0.3 is 11.9 Å². The predicted octanol–water partition coefficient (Wildman–Crippen LogP) is 4.87. The molecule has 0 N–H and O–H groups in total. The second-order valence-corrected chi connectivity index (χ2v) is 12.6. The number of rotatable bonds is 4. The van der Waals surface area contributed by atoms with Crippen molar-refractivity contribution in [3.63, 3.8) is 0 Å². The van der Waals surface area contributed by atoms with Crippen LogP contribution in [0.15, 0.2) is 40.0 Å². The number of ether oxygens (including phenoxy) is 3. The number of carbonyl (C=O) groups is 3. The fraction of sp³-hybridized carbons (Fsp3) is 0.633. The molecule has 0 radical (unpaired) electrons. The Bertz CT molecular complexity index is 1270. The first-order valence-corrected chi connectivity index (χ1v) is 13.4. The highest BCUT2D eigenvalue weighted by atomic mass is 16.6. The second-order valence-electron chi connectivity index (χ2n) is 12.6. The number of furan rings is 1. The number of esters is 2. The molecule has 5 aliphatic rings. The van der Waals surface area contributed by atoms with Crippen LogP contribution in [0.3, 0.4) is 0 Å². The molecule has 3 aliphatic carbocycles. The Morgan fingerprint density at radius 2 is 1.92 bits per heavy atom. The number of methoxy groups -OCH3 is 1. The van der Waals surface area contributed by atoms with Gasteiger partial charge in [-0.3, -0.25) is 14.4 Å². The molecule has 7 nitrogen and oxygen atoms in total. The lowest BCUT2D eigenvalue weighted by Crippen LogP contribution is -2.66. The summed E-state index contributed by atoms with van der Waals surface area (Å²) in [4.78, 5) is 39.9. The molecular formula is C30H36O7. The molecule has 37 heavy (non-hydrogen) atoms. The van der Waals surface area contributed by atoms with Crippen LogP contribution in [0.2, 0.25) is 0 Å². The van der Waals surface area contributed by atoms with Crippen molar-refractivity contribution in [3.05, 3.63) is 47.0 Å². The van der Waals surface area contributed by atoms with Gasteiger partial charge in [-0.05, 0) is 43.9 Å². The van der Waals surface area contributed by atoms with E-state index in [1.54, 1.807) is 12.3 Å². The second kappa shape index (κ2) is 7.68. The van der Waals surface area contributed by atoms with Gasteiger partial charge in [0.1, 0.15) is 18.0 Å². The summed E-state index contributed by atoms with van der Waals surface area (Å²) >= 11 is 0. The zero-order valence-corrected chi connectivity index (χ0v) is 22.6. The number of hydrogen-bond acceptors (Lipinski definition) is 7. The van der Waals surface area contributed by atoms with E-state index in [4.69, 9.17) is 18.6 Å². The van der Waals surface area contributed by atoms with E-state index in [1.165, 1.54) is 24.3 Å². The maximum Gasteiger partial charge on any atom is 0.316 e. The van der Waals surface area contributed by atoms with Crippen molar-refractivity contribution >= 4 is 17.7 Å². The van der Waals surface area contributed by atoms with E-state index in [0.29, 0.717) is 0 Å². The normalized spacial score (nSPS) is 43.7. The largest absolute Gasteiger partial charge is 0.469 e. The lowest BCUT2D eigenvalue weighted by atomic mass is 9.42. The molecule has 0 spiro atoms. The van der Waals surface area contributed by atoms with Crippen molar-refractivity contribution in [3.8, 4) is 0 Å². The van der Waals surface area contributed by atoms with Gasteiger partial charge < -0.3 is 18.6 Å². The molecular weight excluding hydrogens is 472 g/mol. The standard InChI is InChI=1S/C30H36O7/c1-14(2)23-16(9-11-35-23)17-12-18-22(15(17)3)30(6)19(13-21(32)34-7)29(5)20(31)8-10-28(4)25(29)24(26(30)36-18)37-27(28)33/h8-11,14,17-19,24-26H,12-13H2,1-7H3. The molecule has 0 aromatic carbocycles. The Labute approximate surface area is 217 Å². The van der Waals surface area contributed by atoms with E-state index in [-0.39, 0.29) is 42.1 Å². The molecule has 6 rings (SSSR count). The van der Waals surface area contributed by atoms with E-state index in [1.807, 2.05) is 13.8 Å². The van der Waals surface area contributed by atoms with Crippen LogP contribution in [0.1, 0.15) is 77.5 Å². The number of carbonyl (C=O) groups excluding carboxylic acids is 3. The smallest absolute Gasteiger partial charge is 0.316 e. The average molecular weight is 509 g/mol. The van der Waals surface area contributed by atoms with Crippen LogP contribution in [-0.4, -0.2) is 43.1 Å². The van der Waals surface area contributed by atoms with Gasteiger partial charge in [0.2, 0.25) is 0 Å². The molecule has 0 amide bonds. The highest BCUT2D eigenvalue weighted by Gasteiger charge is 2.77. The summed E-state index contributed by atoms with van der Waals surface area (Å²) in [5.74, 6) is -0.272. The van der Waals surface area contributed by atoms with Crippen LogP contribution in [0.4, 0.5) is 0 Å². The Hall–Kier alpha value is -2.67. The van der Waals surface area contributed by atoms with Gasteiger partial charge in [0.25, 0.3) is 0 Å². The fourth-order valence-electron chi connectivity index (χ4n) is 9.00. The van der Waals surface area contributed by atoms with Crippen LogP contribution < -0.4 is 0 Å². The molecule has 3 fully saturated rings. The quantitative estimate of drug-likeness (QED) is 0.423. The van der Waals surface area contributed by atoms with Gasteiger partial charge in [0.15, 0.2) is 5.78 Å². The molecule has 2 saturated heterocycles. The Kier molecular flexibility index (Phi) is 5.12. The molecule has 1 saturated carbocycles. The highest BCUT2D eigenvalue weighted by molar-refractivity contribution is 6.00. The van der Waals surface area contributed by atoms with Crippen molar-refractivity contribution in [2.75, 3.05) is 7.11 Å². The Morgan fingerprint density at radius 1 is 1.19 bits per heavy atom. The number of fused-ring (bicyclic) bond motifs is 4. The Morgan fingerprint density at radius 3 is 2.59 bits per heavy atom. The summed E-state index contributed by atoms with van der Waals surface area (Å²) < 4.78 is 23.9. The zero-order chi connectivity index (χ0) is 26.7. The minimum atomic E-state index is -0.998. The fourth-order valence-corrected chi connectivity index (χ4v) is 9.00. The van der Waals surface area contributed by atoms with E-state index >= 15 is 0 Å². The van der Waals surface area contributed by atoms with Gasteiger partial charge in [-0.2, -0.15) is 0 Å². The third-order valence-corrected chi connectivity index (χ3v) is 10.6. The van der Waals surface area contributed by atoms with E-state index in [9.17, 15) is 14.4 Å². The highest BCUT2D eigenvalue weighted by Crippen LogP contribution is 2.72. The SMILES string of the molecule is COC(=O)CC1C2(C)C3=C(C)C(c4ccoc4C(C)C)CC3OC2C2OC(=O)C3(C)C=CC(=O)C1(C)C23. The minimum absolute atomic E-state index is 0.0630. The first-order valence-electron chi connectivity index (χ1n) is 13.4. The summed E-state index contributed by atoms with van der Waals surface area (Å²) in [5, 5.41) is 0. The van der Waals surface area contributed by atoms with Crippen molar-refractivity contribution < 1.29 is 33.0 Å². The molecule has 3 heterocycles. The van der Waals surface area contributed by atoms with Crippen molar-refractivity contribution in [2.45, 2.75) is 84.5 Å². The van der Waals surface area contributed by atoms with Gasteiger partial charge in [-0.15, -0.1) is 0 Å². The average Bonchev–Trinajstić information content (AvgIpc) is 3.58. The number of allylic oxidation sites excluding steroid dienone is 2. The van der Waals surface area contributed by atoms with Gasteiger partial charge in [0, 0.05) is 34.1 Å². The molecule has 198 valence electrons. The monoisotopic (exact) mass is 508 g/mol. The Balaban J connectivity index is 1.55. The third-order valence-electron chi connectivity index (χ3n) is 10.6. The molecule has 2 aliphatic heterocycles. The summed E-state index contributed by atoms with van der Waals surface area (Å²) in [6, 6.07) is 2.05. The molecule has 1 aromatic rings. The van der Waals surface area contributed by atoms with Crippen molar-refractivity contribution in [2.24, 2.45) is 28.1 Å². The molecule has 9 unspecified atom stereocenters. The van der Waals surface area contributed by atoms with Crippen LogP contribution in [-0.2, 0) is 28.6 Å². The maximum absolute atomic E-state index is 13.8. The van der Waals surface area contributed by atoms with Gasteiger partial charge in [-0.1, -0.05) is 39.3 Å². The third kappa shape index (κ3) is 2.84. The van der Waals surface area contributed by atoms with Crippen molar-refractivity contribution in [1.29, 1.82) is 0 Å². The summed E-state index contributed by atoms with van der Waals surface area (Å²) in [5.41, 5.74) is 0.863. The van der Waals surface area contributed by atoms with Crippen LogP contribution in [0, 0.1) is 28.1 Å². The lowest BCUT2D eigenvalue weighted by molar-refractivity contribution is -0.190. The summed E-state index contributed by atoms with van der Waals surface area (Å²) in [6.45, 7) is 12.3. The topological polar surface area (TPSA) is 92.0 Å². The van der Waals surface area contributed by atoms with E-state index in [2.05, 4.69) is 33.8 Å². The summed E-state index contributed by atoms with van der Waals surface area (Å²) in [6.07, 6.45) is 4.59. The number of ketones is 1. The van der Waals surface area contributed by atoms with Crippen LogP contribution >= 0.6 is 0 Å². The molecule has 7 heteroatoms. The first kappa shape index (κ1) is 24.7. The maximum atomic E-state index is 13.8. The predicted molar refractivity (Wildman–Crippen MR) is 133 cm³/mol. The zero-order valence-electron chi connectivity index (χ0n) is 22.6. The lowest BCUT2D eigenvalue weighted by Gasteiger charge is -2.59. The molecule has 1 aromatic heterocycles. The molecule has 9 atom stereocenters. The van der Waals surface area contributed by atoms with Gasteiger partial charge in [-0.25, -0.2) is 0 Å². The van der Waals surface area contributed by atoms with Crippen LogP contribution in [0.25, 0.3) is 0 Å². The van der Waals surface area contributed by atoms with Crippen LogP contribution in [0.5, 0.6) is 0 Å². The van der Waals surface area contributed by atoms with E-state index < -0.39 is 40.3 Å². The first-order chi connectivity index (χ1) is 17.4. The number of hydrogen-bond donors (Lipinski definition) is 0. The van der Waals surface area contributed by atoms with E-state index in [0.717, 1.165) is 17.8 Å². The summed E-state index contributed by atoms with van der Waals surface area (Å²) in [7, 11) is 1.38. The van der Waals surface area contributed by atoms with Crippen molar-refractivity contribution in [1.82, 2.24) is 0 Å². The van der Waals surface area contributed by atoms with Gasteiger partial charge in [0.05, 0.1) is 31.3 Å².